The molecule has 0 radical (unpaired) electrons. The summed E-state index contributed by atoms with van der Waals surface area (Å²) in [5, 5.41) is 3.49. The van der Waals surface area contributed by atoms with Crippen LogP contribution in [-0.2, 0) is 19.0 Å². The number of piperidine rings is 1. The molecule has 0 aromatic heterocycles. The Balaban J connectivity index is 2.02. The van der Waals surface area contributed by atoms with Gasteiger partial charge < -0.3 is 19.5 Å². The smallest absolute Gasteiger partial charge is 0.307 e. The maximum absolute atomic E-state index is 11.7. The Morgan fingerprint density at radius 2 is 1.95 bits per heavy atom. The van der Waals surface area contributed by atoms with E-state index in [1.54, 1.807) is 14.2 Å². The van der Waals surface area contributed by atoms with Gasteiger partial charge in [0.25, 0.3) is 0 Å². The number of carbonyl (C=O) groups excluding carboxylic acids is 1. The monoisotopic (exact) mass is 285 g/mol. The zero-order chi connectivity index (χ0) is 14.5. The van der Waals surface area contributed by atoms with E-state index in [0.717, 1.165) is 25.8 Å². The quantitative estimate of drug-likeness (QED) is 0.773. The van der Waals surface area contributed by atoms with Gasteiger partial charge in [-0.25, -0.2) is 0 Å². The molecule has 0 bridgehead atoms. The van der Waals surface area contributed by atoms with Crippen LogP contribution in [0.4, 0.5) is 0 Å². The average molecular weight is 285 g/mol. The van der Waals surface area contributed by atoms with Crippen LogP contribution in [0.2, 0.25) is 0 Å². The summed E-state index contributed by atoms with van der Waals surface area (Å²) in [6.07, 6.45) is 3.95. The van der Waals surface area contributed by atoms with Gasteiger partial charge in [0.05, 0.1) is 25.2 Å². The van der Waals surface area contributed by atoms with E-state index in [-0.39, 0.29) is 24.2 Å². The molecule has 2 rings (SSSR count). The van der Waals surface area contributed by atoms with Crippen LogP contribution in [0.15, 0.2) is 0 Å². The minimum absolute atomic E-state index is 0.103. The lowest BCUT2D eigenvalue weighted by Crippen LogP contribution is -2.56. The summed E-state index contributed by atoms with van der Waals surface area (Å²) in [5.74, 6) is 0.845. The predicted molar refractivity (Wildman–Crippen MR) is 75.5 cm³/mol. The molecule has 1 aliphatic carbocycles. The van der Waals surface area contributed by atoms with Crippen molar-refractivity contribution in [3.63, 3.8) is 0 Å². The van der Waals surface area contributed by atoms with Gasteiger partial charge in [-0.15, -0.1) is 0 Å². The molecule has 1 aliphatic heterocycles. The fourth-order valence-electron chi connectivity index (χ4n) is 3.92. The first-order valence-electron chi connectivity index (χ1n) is 7.65. The molecule has 5 nitrogen and oxygen atoms in total. The third kappa shape index (κ3) is 3.32. The van der Waals surface area contributed by atoms with Crippen LogP contribution >= 0.6 is 0 Å². The van der Waals surface area contributed by atoms with Crippen molar-refractivity contribution < 1.29 is 19.0 Å². The van der Waals surface area contributed by atoms with Gasteiger partial charge in [-0.3, -0.25) is 4.79 Å². The first-order valence-corrected chi connectivity index (χ1v) is 7.65. The Morgan fingerprint density at radius 1 is 1.15 bits per heavy atom. The van der Waals surface area contributed by atoms with Crippen molar-refractivity contribution in [3.8, 4) is 0 Å². The lowest BCUT2D eigenvalue weighted by molar-refractivity contribution is -0.147. The van der Waals surface area contributed by atoms with Gasteiger partial charge in [0.2, 0.25) is 0 Å². The molecule has 5 unspecified atom stereocenters. The van der Waals surface area contributed by atoms with Crippen LogP contribution in [-0.4, -0.2) is 51.6 Å². The lowest BCUT2D eigenvalue weighted by Gasteiger charge is -2.47. The highest BCUT2D eigenvalue weighted by Crippen LogP contribution is 2.40. The highest BCUT2D eigenvalue weighted by molar-refractivity contribution is 5.70. The second-order valence-electron chi connectivity index (χ2n) is 5.74. The van der Waals surface area contributed by atoms with Crippen LogP contribution in [0.1, 0.15) is 32.6 Å². The van der Waals surface area contributed by atoms with E-state index in [9.17, 15) is 4.79 Å². The summed E-state index contributed by atoms with van der Waals surface area (Å²) in [6, 6.07) is 0.211. The molecule has 20 heavy (non-hydrogen) atoms. The molecule has 1 saturated carbocycles. The van der Waals surface area contributed by atoms with Gasteiger partial charge >= 0.3 is 5.97 Å². The molecule has 0 aromatic rings. The second kappa shape index (κ2) is 7.38. The first kappa shape index (κ1) is 15.7. The first-order chi connectivity index (χ1) is 9.71. The fraction of sp³-hybridized carbons (Fsp3) is 0.933. The third-order valence-corrected chi connectivity index (χ3v) is 4.79. The molecule has 0 amide bonds. The van der Waals surface area contributed by atoms with Gasteiger partial charge in [0.15, 0.2) is 0 Å². The summed E-state index contributed by atoms with van der Waals surface area (Å²) < 4.78 is 16.3. The predicted octanol–water partition coefficient (Wildman–Crippen LogP) is 1.36. The molecule has 1 N–H and O–H groups in total. The maximum atomic E-state index is 11.7. The molecule has 5 atom stereocenters. The van der Waals surface area contributed by atoms with Gasteiger partial charge in [-0.05, 0) is 44.6 Å². The van der Waals surface area contributed by atoms with Crippen LogP contribution in [0.5, 0.6) is 0 Å². The topological polar surface area (TPSA) is 56.8 Å². The molecule has 5 heteroatoms. The largest absolute Gasteiger partial charge is 0.466 e. The number of hydrogen-bond acceptors (Lipinski definition) is 5. The van der Waals surface area contributed by atoms with E-state index < -0.39 is 0 Å². The van der Waals surface area contributed by atoms with E-state index in [1.807, 2.05) is 6.92 Å². The minimum atomic E-state index is -0.103. The van der Waals surface area contributed by atoms with Crippen molar-refractivity contribution >= 4 is 5.97 Å². The summed E-state index contributed by atoms with van der Waals surface area (Å²) in [6.45, 7) is 3.23. The maximum Gasteiger partial charge on any atom is 0.307 e. The van der Waals surface area contributed by atoms with Crippen molar-refractivity contribution in [1.82, 2.24) is 5.32 Å². The number of carbonyl (C=O) groups is 1. The van der Waals surface area contributed by atoms with E-state index >= 15 is 0 Å². The van der Waals surface area contributed by atoms with E-state index in [0.29, 0.717) is 24.9 Å². The number of esters is 1. The Kier molecular flexibility index (Phi) is 5.81. The molecule has 0 spiro atoms. The second-order valence-corrected chi connectivity index (χ2v) is 5.74. The number of rotatable bonds is 5. The molecule has 0 aromatic carbocycles. The zero-order valence-electron chi connectivity index (χ0n) is 12.8. The van der Waals surface area contributed by atoms with E-state index in [2.05, 4.69) is 5.32 Å². The Hall–Kier alpha value is -0.650. The van der Waals surface area contributed by atoms with Gasteiger partial charge in [-0.1, -0.05) is 0 Å². The number of ether oxygens (including phenoxy) is 3. The molecule has 116 valence electrons. The standard InChI is InChI=1S/C15H27NO4/c1-4-20-14(17)9-12-10-5-6-13(18-2)15(19-3)11(10)7-8-16-12/h10-13,15-16H,4-9H2,1-3H3. The van der Waals surface area contributed by atoms with Crippen molar-refractivity contribution in [3.05, 3.63) is 0 Å². The van der Waals surface area contributed by atoms with E-state index in [4.69, 9.17) is 14.2 Å². The van der Waals surface area contributed by atoms with Crippen molar-refractivity contribution in [2.45, 2.75) is 50.9 Å². The van der Waals surface area contributed by atoms with Crippen LogP contribution in [0, 0.1) is 11.8 Å². The van der Waals surface area contributed by atoms with Gasteiger partial charge in [0.1, 0.15) is 0 Å². The normalized spacial score (nSPS) is 37.2. The van der Waals surface area contributed by atoms with Gasteiger partial charge in [0, 0.05) is 20.3 Å². The number of hydrogen-bond donors (Lipinski definition) is 1. The molecule has 2 aliphatic rings. The zero-order valence-corrected chi connectivity index (χ0v) is 12.8. The summed E-state index contributed by atoms with van der Waals surface area (Å²) >= 11 is 0. The van der Waals surface area contributed by atoms with Crippen LogP contribution < -0.4 is 5.32 Å². The Bertz CT molecular complexity index is 323. The third-order valence-electron chi connectivity index (χ3n) is 4.79. The Labute approximate surface area is 121 Å². The number of methoxy groups -OCH3 is 2. The van der Waals surface area contributed by atoms with E-state index in [1.165, 1.54) is 0 Å². The van der Waals surface area contributed by atoms with Crippen molar-refractivity contribution in [2.24, 2.45) is 11.8 Å². The van der Waals surface area contributed by atoms with Crippen LogP contribution in [0.3, 0.4) is 0 Å². The van der Waals surface area contributed by atoms with Crippen LogP contribution in [0.25, 0.3) is 0 Å². The molecular weight excluding hydrogens is 258 g/mol. The molecule has 2 fully saturated rings. The van der Waals surface area contributed by atoms with Gasteiger partial charge in [-0.2, -0.15) is 0 Å². The summed E-state index contributed by atoms with van der Waals surface area (Å²) in [4.78, 5) is 11.7. The Morgan fingerprint density at radius 3 is 2.60 bits per heavy atom. The minimum Gasteiger partial charge on any atom is -0.466 e. The molecular formula is C15H27NO4. The average Bonchev–Trinajstić information content (AvgIpc) is 2.46. The summed E-state index contributed by atoms with van der Waals surface area (Å²) in [7, 11) is 3.52. The SMILES string of the molecule is CCOC(=O)CC1NCCC2C1CCC(OC)C2OC. The highest BCUT2D eigenvalue weighted by Gasteiger charge is 2.45. The highest BCUT2D eigenvalue weighted by atomic mass is 16.5. The summed E-state index contributed by atoms with van der Waals surface area (Å²) in [5.41, 5.74) is 0. The number of nitrogens with one attached hydrogen (secondary N) is 1. The lowest BCUT2D eigenvalue weighted by atomic mass is 9.68. The molecule has 1 saturated heterocycles. The molecule has 1 heterocycles. The van der Waals surface area contributed by atoms with Crippen molar-refractivity contribution in [2.75, 3.05) is 27.4 Å². The number of fused-ring (bicyclic) bond motifs is 1. The fourth-order valence-corrected chi connectivity index (χ4v) is 3.92. The van der Waals surface area contributed by atoms with Crippen molar-refractivity contribution in [1.29, 1.82) is 0 Å².